The van der Waals surface area contributed by atoms with E-state index < -0.39 is 0 Å². The van der Waals surface area contributed by atoms with Crippen molar-refractivity contribution >= 4 is 0 Å². The first-order valence-electron chi connectivity index (χ1n) is 6.53. The minimum absolute atomic E-state index is 0.150. The fourth-order valence-electron chi connectivity index (χ4n) is 2.85. The standard InChI is InChI=1S/C13H27NO/c1-4-5-13(15)9-14-12-7-10(2)6-11(3)8-12/h10-15H,4-9H2,1-3H3. The van der Waals surface area contributed by atoms with Crippen LogP contribution >= 0.6 is 0 Å². The van der Waals surface area contributed by atoms with Crippen molar-refractivity contribution in [1.29, 1.82) is 0 Å². The maximum atomic E-state index is 9.65. The summed E-state index contributed by atoms with van der Waals surface area (Å²) in [6, 6.07) is 0.634. The molecule has 0 radical (unpaired) electrons. The maximum Gasteiger partial charge on any atom is 0.0664 e. The third kappa shape index (κ3) is 4.98. The van der Waals surface area contributed by atoms with E-state index in [9.17, 15) is 5.11 Å². The lowest BCUT2D eigenvalue weighted by molar-refractivity contribution is 0.144. The SMILES string of the molecule is CCCC(O)CNC1CC(C)CC(C)C1. The maximum absolute atomic E-state index is 9.65. The van der Waals surface area contributed by atoms with Crippen LogP contribution in [0.15, 0.2) is 0 Å². The van der Waals surface area contributed by atoms with Gasteiger partial charge in [-0.25, -0.2) is 0 Å². The van der Waals surface area contributed by atoms with Crippen LogP contribution in [0.25, 0.3) is 0 Å². The van der Waals surface area contributed by atoms with Gasteiger partial charge >= 0.3 is 0 Å². The molecule has 1 fully saturated rings. The Morgan fingerprint density at radius 2 is 1.80 bits per heavy atom. The molecule has 3 atom stereocenters. The molecule has 0 amide bonds. The van der Waals surface area contributed by atoms with Gasteiger partial charge in [-0.1, -0.05) is 27.2 Å². The van der Waals surface area contributed by atoms with E-state index >= 15 is 0 Å². The molecule has 1 saturated carbocycles. The summed E-state index contributed by atoms with van der Waals surface area (Å²) >= 11 is 0. The van der Waals surface area contributed by atoms with Crippen molar-refractivity contribution in [3.05, 3.63) is 0 Å². The molecule has 0 aliphatic heterocycles. The highest BCUT2D eigenvalue weighted by Gasteiger charge is 2.23. The van der Waals surface area contributed by atoms with E-state index in [-0.39, 0.29) is 6.10 Å². The topological polar surface area (TPSA) is 32.3 Å². The summed E-state index contributed by atoms with van der Waals surface area (Å²) < 4.78 is 0. The minimum Gasteiger partial charge on any atom is -0.392 e. The van der Waals surface area contributed by atoms with Gasteiger partial charge in [-0.05, 0) is 37.5 Å². The number of aliphatic hydroxyl groups is 1. The van der Waals surface area contributed by atoms with Gasteiger partial charge in [-0.3, -0.25) is 0 Å². The molecule has 0 aromatic carbocycles. The lowest BCUT2D eigenvalue weighted by Crippen LogP contribution is -2.40. The molecule has 90 valence electrons. The van der Waals surface area contributed by atoms with Crippen molar-refractivity contribution in [2.45, 2.75) is 65.0 Å². The van der Waals surface area contributed by atoms with Crippen molar-refractivity contribution in [2.75, 3.05) is 6.54 Å². The van der Waals surface area contributed by atoms with Gasteiger partial charge in [0.2, 0.25) is 0 Å². The van der Waals surface area contributed by atoms with Crippen LogP contribution in [0.3, 0.4) is 0 Å². The van der Waals surface area contributed by atoms with E-state index in [0.29, 0.717) is 6.04 Å². The molecule has 0 aromatic rings. The number of rotatable bonds is 5. The van der Waals surface area contributed by atoms with Crippen LogP contribution in [0, 0.1) is 11.8 Å². The van der Waals surface area contributed by atoms with E-state index in [2.05, 4.69) is 26.1 Å². The average molecular weight is 213 g/mol. The minimum atomic E-state index is -0.150. The predicted molar refractivity (Wildman–Crippen MR) is 64.9 cm³/mol. The first-order chi connectivity index (χ1) is 7.11. The van der Waals surface area contributed by atoms with Gasteiger partial charge in [0.15, 0.2) is 0 Å². The van der Waals surface area contributed by atoms with Gasteiger partial charge in [0.1, 0.15) is 0 Å². The Labute approximate surface area is 94.5 Å². The highest BCUT2D eigenvalue weighted by molar-refractivity contribution is 4.80. The quantitative estimate of drug-likeness (QED) is 0.735. The average Bonchev–Trinajstić information content (AvgIpc) is 2.14. The summed E-state index contributed by atoms with van der Waals surface area (Å²) in [6.07, 6.45) is 5.77. The zero-order valence-corrected chi connectivity index (χ0v) is 10.5. The molecule has 2 N–H and O–H groups in total. The number of hydrogen-bond donors (Lipinski definition) is 2. The van der Waals surface area contributed by atoms with Crippen LogP contribution in [0.2, 0.25) is 0 Å². The molecular formula is C13H27NO. The second-order valence-electron chi connectivity index (χ2n) is 5.47. The first-order valence-corrected chi connectivity index (χ1v) is 6.53. The van der Waals surface area contributed by atoms with Crippen molar-refractivity contribution < 1.29 is 5.11 Å². The normalized spacial score (nSPS) is 34.0. The molecular weight excluding hydrogens is 186 g/mol. The summed E-state index contributed by atoms with van der Waals surface area (Å²) in [4.78, 5) is 0. The van der Waals surface area contributed by atoms with Gasteiger partial charge in [0.05, 0.1) is 6.10 Å². The third-order valence-electron chi connectivity index (χ3n) is 3.44. The molecule has 1 aliphatic carbocycles. The fraction of sp³-hybridized carbons (Fsp3) is 1.00. The van der Waals surface area contributed by atoms with Gasteiger partial charge in [-0.15, -0.1) is 0 Å². The highest BCUT2D eigenvalue weighted by Crippen LogP contribution is 2.28. The van der Waals surface area contributed by atoms with Crippen molar-refractivity contribution in [2.24, 2.45) is 11.8 Å². The van der Waals surface area contributed by atoms with Crippen LogP contribution in [0.1, 0.15) is 52.9 Å². The summed E-state index contributed by atoms with van der Waals surface area (Å²) in [5.41, 5.74) is 0. The van der Waals surface area contributed by atoms with Gasteiger partial charge in [0, 0.05) is 12.6 Å². The van der Waals surface area contributed by atoms with E-state index in [0.717, 1.165) is 31.2 Å². The Hall–Kier alpha value is -0.0800. The molecule has 0 saturated heterocycles. The Balaban J connectivity index is 2.20. The smallest absolute Gasteiger partial charge is 0.0664 e. The third-order valence-corrected chi connectivity index (χ3v) is 3.44. The number of nitrogens with one attached hydrogen (secondary N) is 1. The molecule has 0 aromatic heterocycles. The van der Waals surface area contributed by atoms with Crippen molar-refractivity contribution in [1.82, 2.24) is 5.32 Å². The molecule has 1 rings (SSSR count). The molecule has 0 heterocycles. The largest absolute Gasteiger partial charge is 0.392 e. The van der Waals surface area contributed by atoms with Crippen LogP contribution in [0.5, 0.6) is 0 Å². The molecule has 2 nitrogen and oxygen atoms in total. The Morgan fingerprint density at radius 1 is 1.20 bits per heavy atom. The van der Waals surface area contributed by atoms with Crippen LogP contribution in [0.4, 0.5) is 0 Å². The molecule has 1 aliphatic rings. The van der Waals surface area contributed by atoms with Crippen LogP contribution in [-0.4, -0.2) is 23.8 Å². The number of aliphatic hydroxyl groups excluding tert-OH is 1. The monoisotopic (exact) mass is 213 g/mol. The fourth-order valence-corrected chi connectivity index (χ4v) is 2.85. The molecule has 2 heteroatoms. The lowest BCUT2D eigenvalue weighted by atomic mass is 9.80. The van der Waals surface area contributed by atoms with Crippen molar-refractivity contribution in [3.63, 3.8) is 0 Å². The summed E-state index contributed by atoms with van der Waals surface area (Å²) in [7, 11) is 0. The predicted octanol–water partition coefficient (Wildman–Crippen LogP) is 2.56. The second-order valence-corrected chi connectivity index (χ2v) is 5.47. The van der Waals surface area contributed by atoms with Gasteiger partial charge < -0.3 is 10.4 Å². The van der Waals surface area contributed by atoms with Gasteiger partial charge in [0.25, 0.3) is 0 Å². The summed E-state index contributed by atoms with van der Waals surface area (Å²) in [5, 5.41) is 13.2. The summed E-state index contributed by atoms with van der Waals surface area (Å²) in [6.45, 7) is 7.57. The van der Waals surface area contributed by atoms with Gasteiger partial charge in [-0.2, -0.15) is 0 Å². The molecule has 0 spiro atoms. The van der Waals surface area contributed by atoms with E-state index in [4.69, 9.17) is 0 Å². The Kier molecular flexibility index (Phi) is 5.62. The zero-order chi connectivity index (χ0) is 11.3. The molecule has 3 unspecified atom stereocenters. The van der Waals surface area contributed by atoms with Crippen molar-refractivity contribution in [3.8, 4) is 0 Å². The second kappa shape index (κ2) is 6.49. The number of hydrogen-bond acceptors (Lipinski definition) is 2. The van der Waals surface area contributed by atoms with E-state index in [1.54, 1.807) is 0 Å². The Bertz CT molecular complexity index is 162. The van der Waals surface area contributed by atoms with Crippen LogP contribution < -0.4 is 5.32 Å². The highest BCUT2D eigenvalue weighted by atomic mass is 16.3. The molecule has 0 bridgehead atoms. The lowest BCUT2D eigenvalue weighted by Gasteiger charge is -2.32. The van der Waals surface area contributed by atoms with Crippen LogP contribution in [-0.2, 0) is 0 Å². The van der Waals surface area contributed by atoms with E-state index in [1.807, 2.05) is 0 Å². The Morgan fingerprint density at radius 3 is 2.33 bits per heavy atom. The molecule has 15 heavy (non-hydrogen) atoms. The van der Waals surface area contributed by atoms with E-state index in [1.165, 1.54) is 19.3 Å². The summed E-state index contributed by atoms with van der Waals surface area (Å²) in [5.74, 6) is 1.68. The first kappa shape index (κ1) is 13.0. The zero-order valence-electron chi connectivity index (χ0n) is 10.5.